The van der Waals surface area contributed by atoms with Crippen molar-refractivity contribution in [3.63, 3.8) is 0 Å². The van der Waals surface area contributed by atoms with Gasteiger partial charge in [0.05, 0.1) is 0 Å². The number of hydrogen-bond acceptors (Lipinski definition) is 4. The maximum atomic E-state index is 12.5. The number of fused-ring (bicyclic) bond motifs is 1. The first kappa shape index (κ1) is 20.7. The Bertz CT molecular complexity index is 1160. The Kier molecular flexibility index (Phi) is 6.34. The summed E-state index contributed by atoms with van der Waals surface area (Å²) in [5.41, 5.74) is 1.97. The van der Waals surface area contributed by atoms with Crippen LogP contribution in [0, 0.1) is 0 Å². The molecule has 1 N–H and O–H groups in total. The van der Waals surface area contributed by atoms with Crippen LogP contribution >= 0.6 is 0 Å². The summed E-state index contributed by atoms with van der Waals surface area (Å²) in [4.78, 5) is 14.6. The van der Waals surface area contributed by atoms with Gasteiger partial charge in [0.2, 0.25) is 0 Å². The number of likely N-dealkylation sites (N-methyl/N-ethyl adjacent to an activating group) is 1. The van der Waals surface area contributed by atoms with Crippen LogP contribution in [0.25, 0.3) is 10.8 Å². The first-order chi connectivity index (χ1) is 15.1. The fourth-order valence-corrected chi connectivity index (χ4v) is 3.29. The van der Waals surface area contributed by atoms with Crippen LogP contribution in [-0.4, -0.2) is 31.4 Å². The number of nitrogens with one attached hydrogen (secondary N) is 1. The van der Waals surface area contributed by atoms with Gasteiger partial charge in [0.15, 0.2) is 5.76 Å². The summed E-state index contributed by atoms with van der Waals surface area (Å²) in [5.74, 6) is 1.33. The van der Waals surface area contributed by atoms with Gasteiger partial charge in [-0.1, -0.05) is 42.5 Å². The van der Waals surface area contributed by atoms with Crippen molar-refractivity contribution in [3.05, 3.63) is 95.9 Å². The Labute approximate surface area is 182 Å². The van der Waals surface area contributed by atoms with Crippen LogP contribution in [0.15, 0.2) is 83.3 Å². The van der Waals surface area contributed by atoms with E-state index in [0.29, 0.717) is 5.76 Å². The van der Waals surface area contributed by atoms with Crippen LogP contribution in [0.4, 0.5) is 5.69 Å². The van der Waals surface area contributed by atoms with E-state index in [2.05, 4.69) is 30.4 Å². The highest BCUT2D eigenvalue weighted by Gasteiger charge is 2.12. The number of benzene rings is 3. The molecule has 31 heavy (non-hydrogen) atoms. The maximum absolute atomic E-state index is 12.5. The van der Waals surface area contributed by atoms with Crippen LogP contribution in [0.1, 0.15) is 21.9 Å². The lowest BCUT2D eigenvalue weighted by molar-refractivity contribution is 0.0992. The maximum Gasteiger partial charge on any atom is 0.291 e. The van der Waals surface area contributed by atoms with E-state index in [1.54, 1.807) is 12.1 Å². The first-order valence-electron chi connectivity index (χ1n) is 10.3. The van der Waals surface area contributed by atoms with E-state index < -0.39 is 0 Å². The Morgan fingerprint density at radius 2 is 1.71 bits per heavy atom. The molecule has 1 amide bonds. The molecule has 3 aromatic carbocycles. The summed E-state index contributed by atoms with van der Waals surface area (Å²) in [7, 11) is 4.11. The average molecular weight is 415 g/mol. The van der Waals surface area contributed by atoms with Crippen molar-refractivity contribution in [1.29, 1.82) is 0 Å². The molecule has 5 heteroatoms. The molecule has 5 nitrogen and oxygen atoms in total. The molecule has 158 valence electrons. The number of ether oxygens (including phenoxy) is 1. The third-order valence-corrected chi connectivity index (χ3v) is 5.05. The lowest BCUT2D eigenvalue weighted by Crippen LogP contribution is -2.15. The number of amides is 1. The predicted molar refractivity (Wildman–Crippen MR) is 124 cm³/mol. The van der Waals surface area contributed by atoms with Gasteiger partial charge in [-0.2, -0.15) is 0 Å². The van der Waals surface area contributed by atoms with Gasteiger partial charge in [0, 0.05) is 12.2 Å². The zero-order valence-electron chi connectivity index (χ0n) is 17.8. The largest absolute Gasteiger partial charge is 0.486 e. The summed E-state index contributed by atoms with van der Waals surface area (Å²) >= 11 is 0. The van der Waals surface area contributed by atoms with Gasteiger partial charge < -0.3 is 19.4 Å². The van der Waals surface area contributed by atoms with Crippen LogP contribution in [0.3, 0.4) is 0 Å². The van der Waals surface area contributed by atoms with Crippen LogP contribution < -0.4 is 10.1 Å². The molecule has 1 aromatic heterocycles. The molecule has 0 aliphatic carbocycles. The molecule has 0 aliphatic rings. The molecule has 4 rings (SSSR count). The quantitative estimate of drug-likeness (QED) is 0.421. The Morgan fingerprint density at radius 3 is 2.48 bits per heavy atom. The Morgan fingerprint density at radius 1 is 0.935 bits per heavy atom. The van der Waals surface area contributed by atoms with Crippen molar-refractivity contribution in [2.24, 2.45) is 0 Å². The number of rotatable bonds is 8. The Balaban J connectivity index is 1.32. The molecule has 0 aliphatic heterocycles. The van der Waals surface area contributed by atoms with Crippen molar-refractivity contribution >= 4 is 22.4 Å². The van der Waals surface area contributed by atoms with Crippen LogP contribution in [0.2, 0.25) is 0 Å². The van der Waals surface area contributed by atoms with Crippen molar-refractivity contribution < 1.29 is 13.9 Å². The smallest absolute Gasteiger partial charge is 0.291 e. The molecule has 0 atom stereocenters. The number of carbonyl (C=O) groups is 1. The van der Waals surface area contributed by atoms with Gasteiger partial charge in [0.1, 0.15) is 18.1 Å². The molecule has 1 heterocycles. The van der Waals surface area contributed by atoms with Crippen molar-refractivity contribution in [2.75, 3.05) is 26.0 Å². The number of furan rings is 1. The van der Waals surface area contributed by atoms with Gasteiger partial charge in [-0.05, 0) is 73.3 Å². The van der Waals surface area contributed by atoms with E-state index in [1.165, 1.54) is 5.56 Å². The van der Waals surface area contributed by atoms with E-state index in [-0.39, 0.29) is 18.3 Å². The molecule has 0 saturated heterocycles. The molecule has 4 aromatic rings. The molecular weight excluding hydrogens is 388 g/mol. The predicted octanol–water partition coefficient (Wildman–Crippen LogP) is 5.37. The highest BCUT2D eigenvalue weighted by molar-refractivity contribution is 6.02. The van der Waals surface area contributed by atoms with E-state index in [0.717, 1.165) is 35.2 Å². The summed E-state index contributed by atoms with van der Waals surface area (Å²) < 4.78 is 11.5. The second-order valence-corrected chi connectivity index (χ2v) is 7.77. The van der Waals surface area contributed by atoms with E-state index >= 15 is 0 Å². The number of carbonyl (C=O) groups excluding carboxylic acids is 1. The zero-order chi connectivity index (χ0) is 21.6. The van der Waals surface area contributed by atoms with Gasteiger partial charge in [-0.15, -0.1) is 0 Å². The minimum atomic E-state index is -0.280. The van der Waals surface area contributed by atoms with E-state index in [9.17, 15) is 4.79 Å². The molecule has 0 fully saturated rings. The first-order valence-corrected chi connectivity index (χ1v) is 10.3. The summed E-state index contributed by atoms with van der Waals surface area (Å²) in [6.45, 7) is 1.24. The highest BCUT2D eigenvalue weighted by atomic mass is 16.5. The minimum absolute atomic E-state index is 0.256. The fourth-order valence-electron chi connectivity index (χ4n) is 3.29. The zero-order valence-corrected chi connectivity index (χ0v) is 17.8. The van der Waals surface area contributed by atoms with Gasteiger partial charge in [0.25, 0.3) is 5.91 Å². The van der Waals surface area contributed by atoms with Crippen molar-refractivity contribution in [1.82, 2.24) is 4.90 Å². The molecule has 0 saturated carbocycles. The van der Waals surface area contributed by atoms with E-state index in [4.69, 9.17) is 9.15 Å². The van der Waals surface area contributed by atoms with Crippen molar-refractivity contribution in [2.45, 2.75) is 13.0 Å². The SMILES string of the molecule is CN(C)CCc1ccc(NC(=O)c2ccc(COc3ccc4ccccc4c3)o2)cc1. The highest BCUT2D eigenvalue weighted by Crippen LogP contribution is 2.22. The molecule has 0 spiro atoms. The third kappa shape index (κ3) is 5.53. The monoisotopic (exact) mass is 414 g/mol. The second-order valence-electron chi connectivity index (χ2n) is 7.77. The van der Waals surface area contributed by atoms with Crippen LogP contribution in [-0.2, 0) is 13.0 Å². The van der Waals surface area contributed by atoms with Gasteiger partial charge in [-0.25, -0.2) is 0 Å². The summed E-state index contributed by atoms with van der Waals surface area (Å²) in [6, 6.07) is 25.4. The minimum Gasteiger partial charge on any atom is -0.486 e. The number of anilines is 1. The third-order valence-electron chi connectivity index (χ3n) is 5.05. The number of nitrogens with zero attached hydrogens (tertiary/aromatic N) is 1. The average Bonchev–Trinajstić information content (AvgIpc) is 3.26. The number of hydrogen-bond donors (Lipinski definition) is 1. The lowest BCUT2D eigenvalue weighted by atomic mass is 10.1. The molecule has 0 radical (unpaired) electrons. The molecule has 0 bridgehead atoms. The fraction of sp³-hybridized carbons (Fsp3) is 0.192. The Hall–Kier alpha value is -3.57. The molecular formula is C26H26N2O3. The lowest BCUT2D eigenvalue weighted by Gasteiger charge is -2.10. The van der Waals surface area contributed by atoms with Crippen LogP contribution in [0.5, 0.6) is 5.75 Å². The second kappa shape index (κ2) is 9.49. The van der Waals surface area contributed by atoms with E-state index in [1.807, 2.05) is 60.7 Å². The standard InChI is InChI=1S/C26H26N2O3/c1-28(2)16-15-19-7-10-22(11-8-19)27-26(29)25-14-13-24(31-25)18-30-23-12-9-20-5-3-4-6-21(20)17-23/h3-14,17H,15-16,18H2,1-2H3,(H,27,29). The summed E-state index contributed by atoms with van der Waals surface area (Å²) in [6.07, 6.45) is 0.972. The van der Waals surface area contributed by atoms with Gasteiger partial charge >= 0.3 is 0 Å². The summed E-state index contributed by atoms with van der Waals surface area (Å²) in [5, 5.41) is 5.16. The van der Waals surface area contributed by atoms with Gasteiger partial charge in [-0.3, -0.25) is 4.79 Å². The topological polar surface area (TPSA) is 54.7 Å². The normalized spacial score (nSPS) is 11.1. The van der Waals surface area contributed by atoms with Crippen molar-refractivity contribution in [3.8, 4) is 5.75 Å². The molecule has 0 unspecified atom stereocenters.